The van der Waals surface area contributed by atoms with Crippen molar-refractivity contribution >= 4 is 44.7 Å². The van der Waals surface area contributed by atoms with E-state index in [0.29, 0.717) is 20.8 Å². The molecule has 0 aliphatic rings. The molecule has 0 saturated heterocycles. The van der Waals surface area contributed by atoms with Crippen LogP contribution in [0.4, 0.5) is 5.69 Å². The molecule has 1 amide bonds. The minimum Gasteiger partial charge on any atom is -0.389 e. The van der Waals surface area contributed by atoms with Crippen LogP contribution in [-0.4, -0.2) is 15.9 Å². The van der Waals surface area contributed by atoms with Crippen molar-refractivity contribution in [1.82, 2.24) is 4.98 Å². The molecule has 1 heterocycles. The molecule has 1 aromatic heterocycles. The molecular formula is C14H12BrN3OS. The second kappa shape index (κ2) is 6.11. The van der Waals surface area contributed by atoms with Crippen molar-refractivity contribution in [2.24, 2.45) is 5.73 Å². The summed E-state index contributed by atoms with van der Waals surface area (Å²) >= 11 is 8.28. The van der Waals surface area contributed by atoms with Gasteiger partial charge in [0.1, 0.15) is 10.7 Å². The molecule has 1 aromatic carbocycles. The van der Waals surface area contributed by atoms with Gasteiger partial charge in [0.05, 0.1) is 5.69 Å². The third-order valence-electron chi connectivity index (χ3n) is 2.62. The van der Waals surface area contributed by atoms with Gasteiger partial charge in [-0.05, 0) is 53.2 Å². The van der Waals surface area contributed by atoms with E-state index in [0.717, 1.165) is 11.3 Å². The maximum atomic E-state index is 12.1. The summed E-state index contributed by atoms with van der Waals surface area (Å²) in [5, 5.41) is 2.79. The maximum Gasteiger partial charge on any atom is 0.274 e. The summed E-state index contributed by atoms with van der Waals surface area (Å²) < 4.78 is 0.712. The van der Waals surface area contributed by atoms with Crippen molar-refractivity contribution in [3.05, 3.63) is 57.8 Å². The van der Waals surface area contributed by atoms with Crippen molar-refractivity contribution in [2.75, 3.05) is 5.32 Å². The van der Waals surface area contributed by atoms with E-state index in [9.17, 15) is 4.79 Å². The van der Waals surface area contributed by atoms with Gasteiger partial charge in [0.15, 0.2) is 0 Å². The highest BCUT2D eigenvalue weighted by molar-refractivity contribution is 9.10. The molecule has 0 aliphatic heterocycles. The molecule has 0 atom stereocenters. The highest BCUT2D eigenvalue weighted by Crippen LogP contribution is 2.24. The fourth-order valence-corrected chi connectivity index (χ4v) is 2.23. The van der Waals surface area contributed by atoms with Crippen molar-refractivity contribution in [3.8, 4) is 0 Å². The Kier molecular flexibility index (Phi) is 4.46. The molecule has 0 fully saturated rings. The van der Waals surface area contributed by atoms with Gasteiger partial charge >= 0.3 is 0 Å². The van der Waals surface area contributed by atoms with Crippen LogP contribution in [0.25, 0.3) is 0 Å². The number of benzene rings is 1. The molecule has 20 heavy (non-hydrogen) atoms. The third kappa shape index (κ3) is 3.40. The zero-order valence-corrected chi connectivity index (χ0v) is 13.1. The van der Waals surface area contributed by atoms with Crippen molar-refractivity contribution in [1.29, 1.82) is 0 Å². The molecule has 4 nitrogen and oxygen atoms in total. The first kappa shape index (κ1) is 14.6. The number of halogens is 1. The summed E-state index contributed by atoms with van der Waals surface area (Å²) in [5.41, 5.74) is 8.09. The highest BCUT2D eigenvalue weighted by Gasteiger charge is 2.10. The molecule has 6 heteroatoms. The summed E-state index contributed by atoms with van der Waals surface area (Å²) in [5.74, 6) is -0.266. The minimum atomic E-state index is -0.266. The minimum absolute atomic E-state index is 0.266. The lowest BCUT2D eigenvalue weighted by Crippen LogP contribution is -2.15. The molecule has 2 rings (SSSR count). The van der Waals surface area contributed by atoms with Crippen molar-refractivity contribution in [3.63, 3.8) is 0 Å². The fourth-order valence-electron chi connectivity index (χ4n) is 1.63. The van der Waals surface area contributed by atoms with Crippen LogP contribution in [0.3, 0.4) is 0 Å². The highest BCUT2D eigenvalue weighted by atomic mass is 79.9. The molecule has 3 N–H and O–H groups in total. The lowest BCUT2D eigenvalue weighted by Gasteiger charge is -2.09. The lowest BCUT2D eigenvalue weighted by molar-refractivity contribution is 0.102. The van der Waals surface area contributed by atoms with Crippen molar-refractivity contribution < 1.29 is 4.79 Å². The molecule has 102 valence electrons. The largest absolute Gasteiger partial charge is 0.389 e. The molecule has 0 spiro atoms. The first-order valence-corrected chi connectivity index (χ1v) is 7.02. The summed E-state index contributed by atoms with van der Waals surface area (Å²) in [6.45, 7) is 1.84. The number of hydrogen-bond acceptors (Lipinski definition) is 3. The number of carbonyl (C=O) groups excluding carboxylic acids is 1. The van der Waals surface area contributed by atoms with Gasteiger partial charge in [0.2, 0.25) is 0 Å². The Labute approximate surface area is 130 Å². The van der Waals surface area contributed by atoms with E-state index >= 15 is 0 Å². The number of rotatable bonds is 3. The molecule has 0 aliphatic carbocycles. The Bertz CT molecular complexity index is 688. The van der Waals surface area contributed by atoms with Gasteiger partial charge < -0.3 is 11.1 Å². The van der Waals surface area contributed by atoms with Crippen LogP contribution in [-0.2, 0) is 0 Å². The van der Waals surface area contributed by atoms with E-state index in [2.05, 4.69) is 26.2 Å². The van der Waals surface area contributed by atoms with E-state index in [4.69, 9.17) is 18.0 Å². The van der Waals surface area contributed by atoms with Gasteiger partial charge in [0.25, 0.3) is 5.91 Å². The van der Waals surface area contributed by atoms with Gasteiger partial charge in [-0.15, -0.1) is 0 Å². The van der Waals surface area contributed by atoms with E-state index in [1.807, 2.05) is 13.0 Å². The molecule has 0 radical (unpaired) electrons. The second-order valence-electron chi connectivity index (χ2n) is 4.18. The van der Waals surface area contributed by atoms with Gasteiger partial charge in [-0.2, -0.15) is 0 Å². The number of aryl methyl sites for hydroxylation is 1. The monoisotopic (exact) mass is 349 g/mol. The van der Waals surface area contributed by atoms with Crippen LogP contribution in [0.1, 0.15) is 21.7 Å². The number of aromatic nitrogens is 1. The van der Waals surface area contributed by atoms with Crippen LogP contribution in [0.2, 0.25) is 0 Å². The van der Waals surface area contributed by atoms with E-state index in [1.165, 1.54) is 0 Å². The molecule has 0 bridgehead atoms. The Morgan fingerprint density at radius 1 is 1.35 bits per heavy atom. The molecule has 2 aromatic rings. The number of carbonyl (C=O) groups is 1. The summed E-state index contributed by atoms with van der Waals surface area (Å²) in [4.78, 5) is 16.6. The number of nitrogens with zero attached hydrogens (tertiary/aromatic N) is 1. The van der Waals surface area contributed by atoms with Crippen LogP contribution >= 0.6 is 28.1 Å². The first-order chi connectivity index (χ1) is 9.47. The normalized spacial score (nSPS) is 10.1. The predicted octanol–water partition coefficient (Wildman–Crippen LogP) is 3.04. The maximum absolute atomic E-state index is 12.1. The SMILES string of the molecule is Cc1cccc(C(=O)Nc2ccc(C(N)=S)cc2Br)n1. The summed E-state index contributed by atoms with van der Waals surface area (Å²) in [6.07, 6.45) is 0. The Morgan fingerprint density at radius 3 is 2.70 bits per heavy atom. The zero-order chi connectivity index (χ0) is 14.7. The summed E-state index contributed by atoms with van der Waals surface area (Å²) in [7, 11) is 0. The van der Waals surface area contributed by atoms with Crippen LogP contribution in [0, 0.1) is 6.92 Å². The van der Waals surface area contributed by atoms with Gasteiger partial charge in [-0.1, -0.05) is 18.3 Å². The number of pyridine rings is 1. The number of nitrogens with two attached hydrogens (primary N) is 1. The number of amides is 1. The van der Waals surface area contributed by atoms with E-state index < -0.39 is 0 Å². The number of nitrogens with one attached hydrogen (secondary N) is 1. The topological polar surface area (TPSA) is 68.0 Å². The van der Waals surface area contributed by atoms with E-state index in [1.54, 1.807) is 30.3 Å². The molecular weight excluding hydrogens is 338 g/mol. The standard InChI is InChI=1S/C14H12BrN3OS/c1-8-3-2-4-12(17-8)14(19)18-11-6-5-9(13(16)20)7-10(11)15/h2-7H,1H3,(H2,16,20)(H,18,19). The average molecular weight is 350 g/mol. The first-order valence-electron chi connectivity index (χ1n) is 5.82. The zero-order valence-electron chi connectivity index (χ0n) is 10.7. The van der Waals surface area contributed by atoms with Gasteiger partial charge in [0, 0.05) is 15.7 Å². The smallest absolute Gasteiger partial charge is 0.274 e. The predicted molar refractivity (Wildman–Crippen MR) is 87.0 cm³/mol. The van der Waals surface area contributed by atoms with Gasteiger partial charge in [-0.3, -0.25) is 4.79 Å². The number of hydrogen-bond donors (Lipinski definition) is 2. The van der Waals surface area contributed by atoms with Crippen molar-refractivity contribution in [2.45, 2.75) is 6.92 Å². The molecule has 0 unspecified atom stereocenters. The third-order valence-corrected chi connectivity index (χ3v) is 3.51. The quantitative estimate of drug-likeness (QED) is 0.835. The van der Waals surface area contributed by atoms with Gasteiger partial charge in [-0.25, -0.2) is 4.98 Å². The van der Waals surface area contributed by atoms with E-state index in [-0.39, 0.29) is 5.91 Å². The summed E-state index contributed by atoms with van der Waals surface area (Å²) in [6, 6.07) is 10.6. The Hall–Kier alpha value is -1.79. The Balaban J connectivity index is 2.22. The van der Waals surface area contributed by atoms with Crippen LogP contribution < -0.4 is 11.1 Å². The Morgan fingerprint density at radius 2 is 2.10 bits per heavy atom. The van der Waals surface area contributed by atoms with Crippen LogP contribution in [0.15, 0.2) is 40.9 Å². The van der Waals surface area contributed by atoms with Crippen LogP contribution in [0.5, 0.6) is 0 Å². The fraction of sp³-hybridized carbons (Fsp3) is 0.0714. The lowest BCUT2D eigenvalue weighted by atomic mass is 10.2. The number of anilines is 1. The number of thiocarbonyl (C=S) groups is 1. The average Bonchev–Trinajstić information content (AvgIpc) is 2.40. The second-order valence-corrected chi connectivity index (χ2v) is 5.47. The molecule has 0 saturated carbocycles.